The van der Waals surface area contributed by atoms with Crippen molar-refractivity contribution in [1.82, 2.24) is 20.6 Å². The van der Waals surface area contributed by atoms with Crippen LogP contribution in [0.2, 0.25) is 0 Å². The van der Waals surface area contributed by atoms with Crippen molar-refractivity contribution in [2.45, 2.75) is 33.9 Å². The summed E-state index contributed by atoms with van der Waals surface area (Å²) in [4.78, 5) is 14.5. The fourth-order valence-corrected chi connectivity index (χ4v) is 3.46. The maximum atomic E-state index is 5.58. The molecule has 0 radical (unpaired) electrons. The molecule has 0 saturated heterocycles. The van der Waals surface area contributed by atoms with Gasteiger partial charge in [-0.15, -0.1) is 11.3 Å². The van der Waals surface area contributed by atoms with Crippen molar-refractivity contribution >= 4 is 17.3 Å². The van der Waals surface area contributed by atoms with Gasteiger partial charge in [-0.25, -0.2) is 9.97 Å². The maximum absolute atomic E-state index is 5.58. The van der Waals surface area contributed by atoms with E-state index in [1.165, 1.54) is 4.88 Å². The van der Waals surface area contributed by atoms with Crippen molar-refractivity contribution in [3.05, 3.63) is 58.2 Å². The smallest absolute Gasteiger partial charge is 0.214 e. The third kappa shape index (κ3) is 4.29. The molecule has 0 saturated carbocycles. The summed E-state index contributed by atoms with van der Waals surface area (Å²) in [6.07, 6.45) is 0. The number of aromatic nitrogens is 2. The molecule has 0 spiro atoms. The topological polar surface area (TPSA) is 75.3 Å². The first-order valence-electron chi connectivity index (χ1n) is 8.46. The molecule has 0 bridgehead atoms. The minimum absolute atomic E-state index is 0.491. The van der Waals surface area contributed by atoms with Gasteiger partial charge in [-0.2, -0.15) is 0 Å². The van der Waals surface area contributed by atoms with Gasteiger partial charge in [0.15, 0.2) is 5.96 Å². The first kappa shape index (κ1) is 18.1. The Morgan fingerprint density at radius 2 is 1.77 bits per heavy atom. The molecule has 26 heavy (non-hydrogen) atoms. The molecule has 0 unspecified atom stereocenters. The third-order valence-electron chi connectivity index (χ3n) is 4.03. The third-order valence-corrected chi connectivity index (χ3v) is 5.24. The van der Waals surface area contributed by atoms with E-state index in [2.05, 4.69) is 37.7 Å². The number of benzene rings is 1. The number of aryl methyl sites for hydroxylation is 3. The monoisotopic (exact) mass is 369 g/mol. The largest absolute Gasteiger partial charge is 0.444 e. The van der Waals surface area contributed by atoms with Crippen LogP contribution < -0.4 is 10.6 Å². The zero-order chi connectivity index (χ0) is 18.5. The van der Waals surface area contributed by atoms with Gasteiger partial charge in [-0.1, -0.05) is 30.3 Å². The highest BCUT2D eigenvalue weighted by atomic mass is 32.1. The van der Waals surface area contributed by atoms with Crippen molar-refractivity contribution in [3.63, 3.8) is 0 Å². The number of hydrogen-bond acceptors (Lipinski definition) is 5. The van der Waals surface area contributed by atoms with Gasteiger partial charge in [0, 0.05) is 17.5 Å². The van der Waals surface area contributed by atoms with Crippen LogP contribution in [0.1, 0.15) is 27.9 Å². The Balaban J connectivity index is 1.59. The molecule has 2 aromatic heterocycles. The Labute approximate surface area is 157 Å². The lowest BCUT2D eigenvalue weighted by molar-refractivity contribution is 0.463. The molecule has 3 aromatic rings. The van der Waals surface area contributed by atoms with Crippen molar-refractivity contribution in [3.8, 4) is 10.6 Å². The van der Waals surface area contributed by atoms with Crippen molar-refractivity contribution in [2.75, 3.05) is 7.05 Å². The summed E-state index contributed by atoms with van der Waals surface area (Å²) in [7, 11) is 1.75. The molecule has 0 aliphatic carbocycles. The van der Waals surface area contributed by atoms with Crippen LogP contribution in [0.4, 0.5) is 0 Å². The minimum Gasteiger partial charge on any atom is -0.444 e. The fourth-order valence-electron chi connectivity index (χ4n) is 2.45. The van der Waals surface area contributed by atoms with E-state index < -0.39 is 0 Å². The van der Waals surface area contributed by atoms with Crippen molar-refractivity contribution < 1.29 is 4.42 Å². The number of nitrogens with one attached hydrogen (secondary N) is 2. The average Bonchev–Trinajstić information content (AvgIpc) is 3.18. The van der Waals surface area contributed by atoms with Crippen molar-refractivity contribution in [1.29, 1.82) is 0 Å². The van der Waals surface area contributed by atoms with E-state index >= 15 is 0 Å². The molecule has 2 N–H and O–H groups in total. The zero-order valence-electron chi connectivity index (χ0n) is 15.5. The second-order valence-corrected chi connectivity index (χ2v) is 7.01. The van der Waals surface area contributed by atoms with E-state index in [0.29, 0.717) is 24.9 Å². The second kappa shape index (κ2) is 8.14. The SMILES string of the molecule is CN=C(NCc1nc(C)c(C)o1)NCc1sc(-c2ccccc2)nc1C. The lowest BCUT2D eigenvalue weighted by atomic mass is 10.2. The van der Waals surface area contributed by atoms with Gasteiger partial charge in [-0.05, 0) is 20.8 Å². The van der Waals surface area contributed by atoms with Crippen LogP contribution in [0.25, 0.3) is 10.6 Å². The number of rotatable bonds is 5. The average molecular weight is 369 g/mol. The number of thiazole rings is 1. The Kier molecular flexibility index (Phi) is 5.68. The zero-order valence-corrected chi connectivity index (χ0v) is 16.3. The molecule has 3 rings (SSSR count). The summed E-state index contributed by atoms with van der Waals surface area (Å²) < 4.78 is 5.58. The van der Waals surface area contributed by atoms with Crippen LogP contribution in [0.3, 0.4) is 0 Å². The highest BCUT2D eigenvalue weighted by Crippen LogP contribution is 2.27. The quantitative estimate of drug-likeness (QED) is 0.531. The predicted octanol–water partition coefficient (Wildman–Crippen LogP) is 3.59. The standard InChI is InChI=1S/C19H23N5OS/c1-12-14(3)25-17(23-12)11-22-19(20-4)21-10-16-13(2)24-18(26-16)15-8-6-5-7-9-15/h5-9H,10-11H2,1-4H3,(H2,20,21,22). The molecule has 7 heteroatoms. The van der Waals surface area contributed by atoms with Gasteiger partial charge >= 0.3 is 0 Å². The number of guanidine groups is 1. The summed E-state index contributed by atoms with van der Waals surface area (Å²) in [5, 5.41) is 7.58. The van der Waals surface area contributed by atoms with E-state index in [1.54, 1.807) is 18.4 Å². The number of hydrogen-bond donors (Lipinski definition) is 2. The molecule has 0 aliphatic heterocycles. The van der Waals surface area contributed by atoms with Crippen LogP contribution in [0, 0.1) is 20.8 Å². The Hall–Kier alpha value is -2.67. The fraction of sp³-hybridized carbons (Fsp3) is 0.316. The summed E-state index contributed by atoms with van der Waals surface area (Å²) in [5.41, 5.74) is 3.10. The number of oxazole rings is 1. The molecule has 6 nitrogen and oxygen atoms in total. The van der Waals surface area contributed by atoms with Gasteiger partial charge < -0.3 is 15.1 Å². The normalized spacial score (nSPS) is 11.6. The Morgan fingerprint density at radius 1 is 1.04 bits per heavy atom. The van der Waals surface area contributed by atoms with Gasteiger partial charge in [0.1, 0.15) is 10.8 Å². The van der Waals surface area contributed by atoms with Crippen LogP contribution in [0.15, 0.2) is 39.7 Å². The number of aliphatic imine (C=N–C) groups is 1. The molecule has 2 heterocycles. The van der Waals surface area contributed by atoms with E-state index in [-0.39, 0.29) is 0 Å². The minimum atomic E-state index is 0.491. The highest BCUT2D eigenvalue weighted by molar-refractivity contribution is 7.15. The highest BCUT2D eigenvalue weighted by Gasteiger charge is 2.11. The molecule has 0 amide bonds. The summed E-state index contributed by atoms with van der Waals surface area (Å²) in [5.74, 6) is 2.20. The van der Waals surface area contributed by atoms with E-state index in [9.17, 15) is 0 Å². The maximum Gasteiger partial charge on any atom is 0.214 e. The molecule has 0 atom stereocenters. The summed E-state index contributed by atoms with van der Waals surface area (Å²) >= 11 is 1.70. The molecule has 0 aliphatic rings. The first-order chi connectivity index (χ1) is 12.6. The van der Waals surface area contributed by atoms with Crippen LogP contribution in [0.5, 0.6) is 0 Å². The van der Waals surface area contributed by atoms with E-state index in [4.69, 9.17) is 4.42 Å². The van der Waals surface area contributed by atoms with E-state index in [1.807, 2.05) is 39.0 Å². The molecule has 1 aromatic carbocycles. The predicted molar refractivity (Wildman–Crippen MR) is 105 cm³/mol. The molecule has 0 fully saturated rings. The van der Waals surface area contributed by atoms with Gasteiger partial charge in [0.25, 0.3) is 0 Å². The second-order valence-electron chi connectivity index (χ2n) is 5.92. The van der Waals surface area contributed by atoms with Gasteiger partial charge in [-0.3, -0.25) is 4.99 Å². The van der Waals surface area contributed by atoms with Crippen LogP contribution in [-0.4, -0.2) is 23.0 Å². The van der Waals surface area contributed by atoms with Crippen LogP contribution >= 0.6 is 11.3 Å². The lowest BCUT2D eigenvalue weighted by Crippen LogP contribution is -2.36. The van der Waals surface area contributed by atoms with Crippen molar-refractivity contribution in [2.24, 2.45) is 4.99 Å². The summed E-state index contributed by atoms with van der Waals surface area (Å²) in [6.45, 7) is 7.04. The lowest BCUT2D eigenvalue weighted by Gasteiger charge is -2.09. The first-order valence-corrected chi connectivity index (χ1v) is 9.27. The Morgan fingerprint density at radius 3 is 2.42 bits per heavy atom. The van der Waals surface area contributed by atoms with Gasteiger partial charge in [0.05, 0.1) is 24.5 Å². The molecule has 136 valence electrons. The van der Waals surface area contributed by atoms with Crippen LogP contribution in [-0.2, 0) is 13.1 Å². The molecular weight excluding hydrogens is 346 g/mol. The summed E-state index contributed by atoms with van der Waals surface area (Å²) in [6, 6.07) is 10.2. The van der Waals surface area contributed by atoms with Gasteiger partial charge in [0.2, 0.25) is 5.89 Å². The Bertz CT molecular complexity index is 879. The van der Waals surface area contributed by atoms with E-state index in [0.717, 1.165) is 27.7 Å². The number of nitrogens with zero attached hydrogens (tertiary/aromatic N) is 3. The molecular formula is C19H23N5OS.